The lowest BCUT2D eigenvalue weighted by Crippen LogP contribution is -2.51. The van der Waals surface area contributed by atoms with Crippen molar-refractivity contribution in [3.8, 4) is 5.75 Å². The molecule has 2 amide bonds. The van der Waals surface area contributed by atoms with Crippen molar-refractivity contribution < 1.29 is 14.3 Å². The minimum absolute atomic E-state index is 0.0274. The number of carbonyl (C=O) groups is 2. The fraction of sp³-hybridized carbons (Fsp3) is 0.462. The lowest BCUT2D eigenvalue weighted by molar-refractivity contribution is -0.143. The van der Waals surface area contributed by atoms with Crippen LogP contribution in [0.25, 0.3) is 0 Å². The van der Waals surface area contributed by atoms with Crippen LogP contribution in [0.3, 0.4) is 0 Å². The number of methoxy groups -OCH3 is 1. The monoisotopic (exact) mass is 424 g/mol. The Morgan fingerprint density at radius 2 is 1.65 bits per heavy atom. The van der Waals surface area contributed by atoms with Crippen molar-refractivity contribution in [1.82, 2.24) is 10.2 Å². The van der Waals surface area contributed by atoms with E-state index < -0.39 is 6.04 Å². The molecular formula is C26H36N2O3. The van der Waals surface area contributed by atoms with Crippen LogP contribution < -0.4 is 10.1 Å². The zero-order valence-electron chi connectivity index (χ0n) is 19.3. The Labute approximate surface area is 186 Å². The molecule has 0 aliphatic rings. The SMILES string of the molecule is CCCCCNC(=O)C(Cc1ccccc1)N(Cc1ccc(OC)cc1)C(=O)C(C)C. The highest BCUT2D eigenvalue weighted by Crippen LogP contribution is 2.19. The van der Waals surface area contributed by atoms with E-state index >= 15 is 0 Å². The maximum Gasteiger partial charge on any atom is 0.243 e. The third-order valence-corrected chi connectivity index (χ3v) is 5.32. The van der Waals surface area contributed by atoms with Crippen LogP contribution in [0.4, 0.5) is 0 Å². The van der Waals surface area contributed by atoms with Gasteiger partial charge in [0.15, 0.2) is 0 Å². The quantitative estimate of drug-likeness (QED) is 0.507. The van der Waals surface area contributed by atoms with Gasteiger partial charge in [0.05, 0.1) is 7.11 Å². The van der Waals surface area contributed by atoms with Gasteiger partial charge >= 0.3 is 0 Å². The highest BCUT2D eigenvalue weighted by atomic mass is 16.5. The van der Waals surface area contributed by atoms with Crippen LogP contribution in [-0.2, 0) is 22.6 Å². The van der Waals surface area contributed by atoms with Crippen LogP contribution in [-0.4, -0.2) is 36.4 Å². The van der Waals surface area contributed by atoms with E-state index in [0.29, 0.717) is 19.5 Å². The molecule has 0 fully saturated rings. The van der Waals surface area contributed by atoms with Gasteiger partial charge < -0.3 is 15.0 Å². The zero-order chi connectivity index (χ0) is 22.6. The summed E-state index contributed by atoms with van der Waals surface area (Å²) in [5.74, 6) is 0.437. The fourth-order valence-electron chi connectivity index (χ4n) is 3.49. The summed E-state index contributed by atoms with van der Waals surface area (Å²) in [5, 5.41) is 3.06. The highest BCUT2D eigenvalue weighted by molar-refractivity contribution is 5.88. The predicted octanol–water partition coefficient (Wildman–Crippen LogP) is 4.60. The minimum atomic E-state index is -0.568. The number of nitrogens with one attached hydrogen (secondary N) is 1. The molecule has 2 aromatic rings. The topological polar surface area (TPSA) is 58.6 Å². The van der Waals surface area contributed by atoms with Gasteiger partial charge in [-0.15, -0.1) is 0 Å². The van der Waals surface area contributed by atoms with E-state index in [9.17, 15) is 9.59 Å². The summed E-state index contributed by atoms with van der Waals surface area (Å²) < 4.78 is 5.24. The number of hydrogen-bond donors (Lipinski definition) is 1. The third kappa shape index (κ3) is 7.74. The molecule has 1 atom stereocenters. The van der Waals surface area contributed by atoms with Crippen LogP contribution >= 0.6 is 0 Å². The molecule has 31 heavy (non-hydrogen) atoms. The molecule has 168 valence electrons. The predicted molar refractivity (Wildman–Crippen MR) is 125 cm³/mol. The molecule has 5 heteroatoms. The first-order valence-corrected chi connectivity index (χ1v) is 11.2. The molecule has 2 aromatic carbocycles. The van der Waals surface area contributed by atoms with Crippen molar-refractivity contribution in [2.24, 2.45) is 5.92 Å². The van der Waals surface area contributed by atoms with E-state index in [1.165, 1.54) is 0 Å². The summed E-state index contributed by atoms with van der Waals surface area (Å²) >= 11 is 0. The van der Waals surface area contributed by atoms with Gasteiger partial charge in [-0.25, -0.2) is 0 Å². The van der Waals surface area contributed by atoms with Crippen LogP contribution in [0, 0.1) is 5.92 Å². The molecule has 2 rings (SSSR count). The second-order valence-electron chi connectivity index (χ2n) is 8.17. The van der Waals surface area contributed by atoms with Crippen molar-refractivity contribution in [2.45, 2.75) is 59.0 Å². The van der Waals surface area contributed by atoms with Gasteiger partial charge in [-0.2, -0.15) is 0 Å². The molecule has 1 N–H and O–H groups in total. The molecule has 1 unspecified atom stereocenters. The summed E-state index contributed by atoms with van der Waals surface area (Å²) in [6.45, 7) is 6.90. The average Bonchev–Trinajstić information content (AvgIpc) is 2.79. The standard InChI is InChI=1S/C26H36N2O3/c1-5-6-10-17-27-25(29)24(18-21-11-8-7-9-12-21)28(26(30)20(2)3)19-22-13-15-23(31-4)16-14-22/h7-9,11-16,20,24H,5-6,10,17-19H2,1-4H3,(H,27,29). The van der Waals surface area contributed by atoms with Crippen LogP contribution in [0.15, 0.2) is 54.6 Å². The van der Waals surface area contributed by atoms with E-state index in [4.69, 9.17) is 4.74 Å². The van der Waals surface area contributed by atoms with Crippen molar-refractivity contribution in [3.05, 3.63) is 65.7 Å². The maximum atomic E-state index is 13.2. The normalized spacial score (nSPS) is 11.8. The van der Waals surface area contributed by atoms with Gasteiger partial charge in [-0.1, -0.05) is 76.1 Å². The molecule has 0 spiro atoms. The third-order valence-electron chi connectivity index (χ3n) is 5.32. The number of rotatable bonds is 12. The van der Waals surface area contributed by atoms with E-state index in [0.717, 1.165) is 36.1 Å². The Bertz CT molecular complexity index is 803. The van der Waals surface area contributed by atoms with Gasteiger partial charge in [0.2, 0.25) is 11.8 Å². The van der Waals surface area contributed by atoms with E-state index in [1.807, 2.05) is 68.4 Å². The average molecular weight is 425 g/mol. The second-order valence-corrected chi connectivity index (χ2v) is 8.17. The number of carbonyl (C=O) groups excluding carboxylic acids is 2. The molecule has 0 aliphatic carbocycles. The Morgan fingerprint density at radius 3 is 2.23 bits per heavy atom. The summed E-state index contributed by atoms with van der Waals surface area (Å²) in [6.07, 6.45) is 3.59. The van der Waals surface area contributed by atoms with Crippen molar-refractivity contribution in [3.63, 3.8) is 0 Å². The Kier molecular flexibility index (Phi) is 10.1. The van der Waals surface area contributed by atoms with Crippen LogP contribution in [0.5, 0.6) is 5.75 Å². The maximum absolute atomic E-state index is 13.2. The number of benzene rings is 2. The fourth-order valence-corrected chi connectivity index (χ4v) is 3.49. The van der Waals surface area contributed by atoms with E-state index in [1.54, 1.807) is 12.0 Å². The summed E-state index contributed by atoms with van der Waals surface area (Å²) in [6, 6.07) is 17.0. The lowest BCUT2D eigenvalue weighted by Gasteiger charge is -2.33. The zero-order valence-corrected chi connectivity index (χ0v) is 19.3. The van der Waals surface area contributed by atoms with Gasteiger partial charge in [-0.05, 0) is 29.7 Å². The lowest BCUT2D eigenvalue weighted by atomic mass is 10.0. The Balaban J connectivity index is 2.30. The molecule has 0 saturated heterocycles. The Hall–Kier alpha value is -2.82. The second kappa shape index (κ2) is 12.8. The number of amides is 2. The number of unbranched alkanes of at least 4 members (excludes halogenated alkanes) is 2. The Morgan fingerprint density at radius 1 is 0.968 bits per heavy atom. The number of ether oxygens (including phenoxy) is 1. The number of nitrogens with zero attached hydrogens (tertiary/aromatic N) is 1. The minimum Gasteiger partial charge on any atom is -0.497 e. The first kappa shape index (κ1) is 24.4. The van der Waals surface area contributed by atoms with E-state index in [2.05, 4.69) is 12.2 Å². The summed E-state index contributed by atoms with van der Waals surface area (Å²) in [5.41, 5.74) is 2.00. The van der Waals surface area contributed by atoms with Crippen molar-refractivity contribution >= 4 is 11.8 Å². The molecule has 5 nitrogen and oxygen atoms in total. The van der Waals surface area contributed by atoms with Gasteiger partial charge in [0.25, 0.3) is 0 Å². The summed E-state index contributed by atoms with van der Waals surface area (Å²) in [7, 11) is 1.63. The van der Waals surface area contributed by atoms with Crippen LogP contribution in [0.1, 0.15) is 51.2 Å². The molecule has 0 radical (unpaired) electrons. The van der Waals surface area contributed by atoms with Gasteiger partial charge in [0, 0.05) is 25.4 Å². The smallest absolute Gasteiger partial charge is 0.243 e. The molecule has 0 aliphatic heterocycles. The van der Waals surface area contributed by atoms with Crippen molar-refractivity contribution in [2.75, 3.05) is 13.7 Å². The van der Waals surface area contributed by atoms with Gasteiger partial charge in [-0.3, -0.25) is 9.59 Å². The molecule has 0 heterocycles. The largest absolute Gasteiger partial charge is 0.497 e. The van der Waals surface area contributed by atoms with Gasteiger partial charge in [0.1, 0.15) is 11.8 Å². The van der Waals surface area contributed by atoms with Crippen molar-refractivity contribution in [1.29, 1.82) is 0 Å². The molecular weight excluding hydrogens is 388 g/mol. The molecule has 0 bridgehead atoms. The molecule has 0 saturated carbocycles. The van der Waals surface area contributed by atoms with Crippen LogP contribution in [0.2, 0.25) is 0 Å². The molecule has 0 aromatic heterocycles. The van der Waals surface area contributed by atoms with E-state index in [-0.39, 0.29) is 17.7 Å². The first-order chi connectivity index (χ1) is 15.0. The first-order valence-electron chi connectivity index (χ1n) is 11.2. The highest BCUT2D eigenvalue weighted by Gasteiger charge is 2.31. The summed E-state index contributed by atoms with van der Waals surface area (Å²) in [4.78, 5) is 28.2. The number of hydrogen-bond acceptors (Lipinski definition) is 3.